The first kappa shape index (κ1) is 21.9. The average Bonchev–Trinajstić information content (AvgIpc) is 2.85. The van der Waals surface area contributed by atoms with Crippen LogP contribution in [0.4, 0.5) is 4.79 Å². The zero-order valence-electron chi connectivity index (χ0n) is 27.7. The SMILES string of the molecule is [2H]c1c([2H])c([2H])c(C[C@H](NC(=O)OC(C)(C)C)[C@H](O)CN2C[C@H]3CCCC[C@H]3C[C@H]2C(=O)NC(C)(C)C)c([2H])c1[2H]. The number of β-amino-alcohol motifs (C(OH)–C–C–N with tert-alkyl or cyclic N) is 1. The molecule has 1 aliphatic heterocycles. The lowest BCUT2D eigenvalue weighted by Gasteiger charge is -2.47. The van der Waals surface area contributed by atoms with Crippen molar-refractivity contribution < 1.29 is 26.3 Å². The Hall–Kier alpha value is -2.12. The predicted molar refractivity (Wildman–Crippen MR) is 143 cm³/mol. The van der Waals surface area contributed by atoms with Crippen molar-refractivity contribution in [2.45, 2.75) is 109 Å². The molecule has 3 rings (SSSR count). The number of likely N-dealkylation sites (tertiary alicyclic amines) is 1. The van der Waals surface area contributed by atoms with Crippen molar-refractivity contribution in [3.63, 3.8) is 0 Å². The minimum absolute atomic E-state index is 0.0101. The summed E-state index contributed by atoms with van der Waals surface area (Å²) in [5, 5.41) is 17.3. The van der Waals surface area contributed by atoms with Gasteiger partial charge in [0.1, 0.15) is 5.60 Å². The van der Waals surface area contributed by atoms with Crippen molar-refractivity contribution in [3.05, 3.63) is 35.8 Å². The van der Waals surface area contributed by atoms with Gasteiger partial charge < -0.3 is 20.5 Å². The van der Waals surface area contributed by atoms with Gasteiger partial charge >= 0.3 is 6.09 Å². The molecule has 7 nitrogen and oxygen atoms in total. The number of fused-ring (bicyclic) bond motifs is 1. The van der Waals surface area contributed by atoms with E-state index in [4.69, 9.17) is 11.6 Å². The highest BCUT2D eigenvalue weighted by Gasteiger charge is 2.41. The van der Waals surface area contributed by atoms with E-state index in [0.29, 0.717) is 24.8 Å². The summed E-state index contributed by atoms with van der Waals surface area (Å²) in [5.74, 6) is 0.749. The zero-order chi connectivity index (χ0) is 30.9. The molecular weight excluding hydrogens is 454 g/mol. The van der Waals surface area contributed by atoms with Crippen molar-refractivity contribution in [2.75, 3.05) is 13.1 Å². The molecule has 36 heavy (non-hydrogen) atoms. The normalized spacial score (nSPS) is 26.8. The lowest BCUT2D eigenvalue weighted by molar-refractivity contribution is -0.132. The van der Waals surface area contributed by atoms with Gasteiger partial charge in [0.15, 0.2) is 0 Å². The molecule has 0 spiro atoms. The molecule has 0 radical (unpaired) electrons. The van der Waals surface area contributed by atoms with Crippen LogP contribution in [0.25, 0.3) is 0 Å². The molecular formula is C29H47N3O4. The van der Waals surface area contributed by atoms with Gasteiger partial charge in [-0.1, -0.05) is 49.5 Å². The van der Waals surface area contributed by atoms with E-state index in [-0.39, 0.29) is 36.5 Å². The summed E-state index contributed by atoms with van der Waals surface area (Å²) < 4.78 is 46.1. The number of aliphatic hydroxyl groups excluding tert-OH is 1. The Bertz CT molecular complexity index is 1090. The second kappa shape index (κ2) is 12.0. The molecule has 5 atom stereocenters. The van der Waals surface area contributed by atoms with Gasteiger partial charge in [0.05, 0.1) is 25.0 Å². The second-order valence-corrected chi connectivity index (χ2v) is 12.4. The van der Waals surface area contributed by atoms with Gasteiger partial charge in [0, 0.05) is 18.6 Å². The van der Waals surface area contributed by atoms with Crippen LogP contribution >= 0.6 is 0 Å². The number of nitrogens with zero attached hydrogens (tertiary/aromatic N) is 1. The monoisotopic (exact) mass is 506 g/mol. The predicted octanol–water partition coefficient (Wildman–Crippen LogP) is 4.28. The topological polar surface area (TPSA) is 90.9 Å². The number of carbonyl (C=O) groups is 2. The Balaban J connectivity index is 1.92. The second-order valence-electron chi connectivity index (χ2n) is 12.4. The molecule has 7 heteroatoms. The van der Waals surface area contributed by atoms with E-state index in [1.165, 1.54) is 0 Å². The summed E-state index contributed by atoms with van der Waals surface area (Å²) >= 11 is 0. The fraction of sp³-hybridized carbons (Fsp3) is 0.724. The van der Waals surface area contributed by atoms with Crippen molar-refractivity contribution in [1.82, 2.24) is 15.5 Å². The number of nitrogens with one attached hydrogen (secondary N) is 2. The highest BCUT2D eigenvalue weighted by molar-refractivity contribution is 5.82. The number of benzene rings is 1. The van der Waals surface area contributed by atoms with Crippen LogP contribution in [0, 0.1) is 11.8 Å². The van der Waals surface area contributed by atoms with Gasteiger partial charge in [-0.25, -0.2) is 4.79 Å². The summed E-state index contributed by atoms with van der Waals surface area (Å²) in [7, 11) is 0. The quantitative estimate of drug-likeness (QED) is 0.514. The molecule has 2 aliphatic rings. The van der Waals surface area contributed by atoms with Crippen LogP contribution in [0.15, 0.2) is 30.2 Å². The fourth-order valence-corrected chi connectivity index (χ4v) is 5.33. The summed E-state index contributed by atoms with van der Waals surface area (Å²) in [4.78, 5) is 28.2. The van der Waals surface area contributed by atoms with E-state index in [9.17, 15) is 14.7 Å². The molecule has 202 valence electrons. The van der Waals surface area contributed by atoms with Gasteiger partial charge in [0.25, 0.3) is 0 Å². The Labute approximate surface area is 224 Å². The van der Waals surface area contributed by atoms with Gasteiger partial charge in [-0.15, -0.1) is 0 Å². The standard InChI is InChI=1S/C29H47N3O4/c1-28(2,3)31-26(34)24-17-21-14-10-11-15-22(21)18-32(24)19-25(33)23(16-20-12-8-7-9-13-20)30-27(35)36-29(4,5)6/h7-9,12-13,21-25,33H,10-11,14-19H2,1-6H3,(H,30,35)(H,31,34)/t21-,22+,23-,24-,25+/m0/s1/i7D,8D,9D,12D,13D. The highest BCUT2D eigenvalue weighted by Crippen LogP contribution is 2.39. The first-order valence-electron chi connectivity index (χ1n) is 15.7. The number of hydrogen-bond donors (Lipinski definition) is 3. The van der Waals surface area contributed by atoms with Crippen molar-refractivity contribution >= 4 is 12.0 Å². The van der Waals surface area contributed by atoms with E-state index < -0.39 is 53.5 Å². The van der Waals surface area contributed by atoms with Gasteiger partial charge in [-0.05, 0) is 78.2 Å². The molecule has 1 aliphatic carbocycles. The molecule has 1 aromatic rings. The van der Waals surface area contributed by atoms with Crippen molar-refractivity contribution in [3.8, 4) is 0 Å². The third-order valence-corrected chi connectivity index (χ3v) is 6.87. The summed E-state index contributed by atoms with van der Waals surface area (Å²) in [5.41, 5.74) is -1.24. The van der Waals surface area contributed by atoms with Crippen LogP contribution in [-0.4, -0.2) is 64.4 Å². The molecule has 0 aromatic heterocycles. The Morgan fingerprint density at radius 1 is 1.11 bits per heavy atom. The van der Waals surface area contributed by atoms with Crippen LogP contribution in [0.3, 0.4) is 0 Å². The Kier molecular flexibility index (Phi) is 7.28. The number of aliphatic hydroxyl groups is 1. The number of ether oxygens (including phenoxy) is 1. The van der Waals surface area contributed by atoms with Crippen LogP contribution in [0.2, 0.25) is 0 Å². The van der Waals surface area contributed by atoms with Gasteiger partial charge in [-0.3, -0.25) is 9.69 Å². The Morgan fingerprint density at radius 3 is 2.36 bits per heavy atom. The van der Waals surface area contributed by atoms with Gasteiger partial charge in [-0.2, -0.15) is 0 Å². The third kappa shape index (κ3) is 8.77. The maximum atomic E-state index is 13.4. The van der Waals surface area contributed by atoms with E-state index in [2.05, 4.69) is 10.6 Å². The molecule has 2 fully saturated rings. The summed E-state index contributed by atoms with van der Waals surface area (Å²) in [6, 6.07) is -3.73. The maximum absolute atomic E-state index is 13.4. The first-order valence-corrected chi connectivity index (χ1v) is 13.2. The molecule has 0 bridgehead atoms. The van der Waals surface area contributed by atoms with Crippen LogP contribution in [0.5, 0.6) is 0 Å². The maximum Gasteiger partial charge on any atom is 0.407 e. The highest BCUT2D eigenvalue weighted by atomic mass is 16.6. The van der Waals surface area contributed by atoms with Gasteiger partial charge in [0.2, 0.25) is 5.91 Å². The number of amides is 2. The number of carbonyl (C=O) groups excluding carboxylic acids is 2. The van der Waals surface area contributed by atoms with E-state index in [0.717, 1.165) is 25.7 Å². The molecule has 1 aromatic carbocycles. The van der Waals surface area contributed by atoms with E-state index >= 15 is 0 Å². The average molecular weight is 507 g/mol. The molecule has 3 N–H and O–H groups in total. The molecule has 1 saturated carbocycles. The lowest BCUT2D eigenvalue weighted by Crippen LogP contribution is -2.60. The number of alkyl carbamates (subject to hydrolysis) is 1. The number of piperidine rings is 1. The Morgan fingerprint density at radius 2 is 1.75 bits per heavy atom. The van der Waals surface area contributed by atoms with Crippen LogP contribution < -0.4 is 10.6 Å². The minimum Gasteiger partial charge on any atom is -0.444 e. The van der Waals surface area contributed by atoms with E-state index in [1.54, 1.807) is 20.8 Å². The fourth-order valence-electron chi connectivity index (χ4n) is 5.33. The third-order valence-electron chi connectivity index (χ3n) is 6.87. The zero-order valence-corrected chi connectivity index (χ0v) is 22.7. The largest absolute Gasteiger partial charge is 0.444 e. The molecule has 1 heterocycles. The van der Waals surface area contributed by atoms with Crippen molar-refractivity contribution in [2.24, 2.45) is 11.8 Å². The smallest absolute Gasteiger partial charge is 0.407 e. The van der Waals surface area contributed by atoms with E-state index in [1.807, 2.05) is 25.7 Å². The molecule has 0 unspecified atom stereocenters. The number of rotatable bonds is 7. The van der Waals surface area contributed by atoms with Crippen molar-refractivity contribution in [1.29, 1.82) is 0 Å². The summed E-state index contributed by atoms with van der Waals surface area (Å²) in [6.07, 6.45) is 2.89. The summed E-state index contributed by atoms with van der Waals surface area (Å²) in [6.45, 7) is 11.6. The number of hydrogen-bond acceptors (Lipinski definition) is 5. The first-order chi connectivity index (χ1) is 18.9. The molecule has 1 saturated heterocycles. The van der Waals surface area contributed by atoms with Crippen LogP contribution in [-0.2, 0) is 16.0 Å². The molecule has 2 amide bonds. The lowest BCUT2D eigenvalue weighted by atomic mass is 9.72. The minimum atomic E-state index is -1.22. The van der Waals surface area contributed by atoms with Crippen LogP contribution in [0.1, 0.15) is 86.1 Å².